The summed E-state index contributed by atoms with van der Waals surface area (Å²) in [5.41, 5.74) is -0.807. The van der Waals surface area contributed by atoms with Gasteiger partial charge in [0.2, 0.25) is 16.1 Å². The lowest BCUT2D eigenvalue weighted by Crippen LogP contribution is -2.45. The Bertz CT molecular complexity index is 1440. The van der Waals surface area contributed by atoms with E-state index in [9.17, 15) is 45.5 Å². The largest absolute Gasteiger partial charge is 0.478 e. The number of rotatable bonds is 9. The summed E-state index contributed by atoms with van der Waals surface area (Å²) >= 11 is 0. The van der Waals surface area contributed by atoms with Crippen molar-refractivity contribution in [3.05, 3.63) is 59.2 Å². The molecular weight excluding hydrogens is 586 g/mol. The number of benzene rings is 2. The third kappa shape index (κ3) is 7.25. The van der Waals surface area contributed by atoms with Crippen LogP contribution in [0.3, 0.4) is 0 Å². The molecule has 228 valence electrons. The molecule has 2 fully saturated rings. The first-order valence-electron chi connectivity index (χ1n) is 13.3. The van der Waals surface area contributed by atoms with Crippen LogP contribution < -0.4 is 5.32 Å². The van der Waals surface area contributed by atoms with Gasteiger partial charge in [0.1, 0.15) is 10.7 Å². The minimum absolute atomic E-state index is 0.0106. The summed E-state index contributed by atoms with van der Waals surface area (Å²) in [5, 5.41) is 11.8. The fourth-order valence-electron chi connectivity index (χ4n) is 5.06. The average Bonchev–Trinajstić information content (AvgIpc) is 2.95. The van der Waals surface area contributed by atoms with Crippen molar-refractivity contribution in [2.75, 3.05) is 38.0 Å². The van der Waals surface area contributed by atoms with E-state index in [1.807, 2.05) is 4.90 Å². The molecule has 2 aromatic carbocycles. The van der Waals surface area contributed by atoms with Gasteiger partial charge in [0.25, 0.3) is 5.91 Å². The molecule has 10 nitrogen and oxygen atoms in total. The van der Waals surface area contributed by atoms with E-state index < -0.39 is 73.7 Å². The summed E-state index contributed by atoms with van der Waals surface area (Å²) in [5.74, 6) is -9.77. The number of nitrogens with zero attached hydrogens (tertiary/aromatic N) is 2. The number of amides is 1. The lowest BCUT2D eigenvalue weighted by molar-refractivity contribution is -0.169. The maximum absolute atomic E-state index is 14.7. The maximum atomic E-state index is 14.7. The van der Waals surface area contributed by atoms with Gasteiger partial charge in [-0.15, -0.1) is 0 Å². The van der Waals surface area contributed by atoms with Gasteiger partial charge in [-0.05, 0) is 57.0 Å². The number of anilines is 1. The molecule has 0 radical (unpaired) electrons. The molecule has 0 spiro atoms. The summed E-state index contributed by atoms with van der Waals surface area (Å²) in [6.45, 7) is 0.984. The number of halogens is 4. The predicted molar refractivity (Wildman–Crippen MR) is 140 cm³/mol. The number of carboxylic acids is 1. The average molecular weight is 616 g/mol. The second-order valence-electron chi connectivity index (χ2n) is 10.2. The normalized spacial score (nSPS) is 17.9. The van der Waals surface area contributed by atoms with Gasteiger partial charge < -0.3 is 15.2 Å². The molecule has 1 atom stereocenters. The van der Waals surface area contributed by atoms with E-state index in [0.29, 0.717) is 25.2 Å². The quantitative estimate of drug-likeness (QED) is 0.249. The van der Waals surface area contributed by atoms with Crippen LogP contribution in [0.5, 0.6) is 0 Å². The number of piperidine rings is 2. The highest BCUT2D eigenvalue weighted by Crippen LogP contribution is 2.29. The van der Waals surface area contributed by atoms with E-state index in [2.05, 4.69) is 5.32 Å². The van der Waals surface area contributed by atoms with E-state index >= 15 is 0 Å². The Balaban J connectivity index is 1.42. The molecule has 4 rings (SSSR count). The van der Waals surface area contributed by atoms with Gasteiger partial charge in [-0.1, -0.05) is 6.42 Å². The molecule has 15 heteroatoms. The number of hydrogen-bond acceptors (Lipinski definition) is 7. The number of carboxylic acid groups (broad SMARTS) is 1. The second-order valence-corrected chi connectivity index (χ2v) is 12.1. The third-order valence-corrected chi connectivity index (χ3v) is 9.20. The highest BCUT2D eigenvalue weighted by Gasteiger charge is 2.38. The molecule has 0 aromatic heterocycles. The third-order valence-electron chi connectivity index (χ3n) is 7.28. The fraction of sp³-hybridized carbons (Fsp3) is 0.444. The smallest absolute Gasteiger partial charge is 0.345 e. The topological polar surface area (TPSA) is 133 Å². The van der Waals surface area contributed by atoms with Crippen molar-refractivity contribution in [2.45, 2.75) is 43.1 Å². The van der Waals surface area contributed by atoms with Crippen molar-refractivity contribution >= 4 is 33.6 Å². The summed E-state index contributed by atoms with van der Waals surface area (Å²) in [6, 6.07) is 3.50. The van der Waals surface area contributed by atoms with Gasteiger partial charge >= 0.3 is 11.9 Å². The fourth-order valence-corrected chi connectivity index (χ4v) is 6.62. The minimum Gasteiger partial charge on any atom is -0.478 e. The Morgan fingerprint density at radius 3 is 2.14 bits per heavy atom. The van der Waals surface area contributed by atoms with Crippen molar-refractivity contribution in [3.8, 4) is 0 Å². The molecule has 2 heterocycles. The van der Waals surface area contributed by atoms with Crippen LogP contribution in [-0.4, -0.2) is 79.4 Å². The van der Waals surface area contributed by atoms with Crippen molar-refractivity contribution in [1.82, 2.24) is 9.21 Å². The molecule has 0 aliphatic carbocycles. The predicted octanol–water partition coefficient (Wildman–Crippen LogP) is 3.38. The molecular formula is C27H29F4N3O7S. The number of sulfonamides is 1. The Hall–Kier alpha value is -3.56. The highest BCUT2D eigenvalue weighted by atomic mass is 32.2. The van der Waals surface area contributed by atoms with Crippen LogP contribution in [0.25, 0.3) is 0 Å². The van der Waals surface area contributed by atoms with Crippen molar-refractivity contribution in [3.63, 3.8) is 0 Å². The molecule has 2 aliphatic rings. The lowest BCUT2D eigenvalue weighted by atomic mass is 9.92. The first kappa shape index (κ1) is 31.4. The lowest BCUT2D eigenvalue weighted by Gasteiger charge is -2.34. The van der Waals surface area contributed by atoms with Crippen LogP contribution in [0.1, 0.15) is 42.5 Å². The number of carbonyl (C=O) groups excluding carboxylic acids is 2. The van der Waals surface area contributed by atoms with Gasteiger partial charge in [-0.3, -0.25) is 14.5 Å². The van der Waals surface area contributed by atoms with Gasteiger partial charge in [-0.25, -0.2) is 30.8 Å². The van der Waals surface area contributed by atoms with Crippen LogP contribution in [0.15, 0.2) is 35.2 Å². The van der Waals surface area contributed by atoms with Crippen LogP contribution in [-0.2, 0) is 24.3 Å². The van der Waals surface area contributed by atoms with Gasteiger partial charge in [0.15, 0.2) is 17.5 Å². The Morgan fingerprint density at radius 2 is 1.55 bits per heavy atom. The summed E-state index contributed by atoms with van der Waals surface area (Å²) < 4.78 is 87.6. The van der Waals surface area contributed by atoms with Crippen molar-refractivity contribution in [2.24, 2.45) is 5.92 Å². The standard InChI is InChI=1S/C27H29F4N3O7S/c28-19-5-4-17(26(36)32-18-13-20(29)24(31)21(30)14-18)12-22(19)42(39,40)34-10-6-16(7-11-34)25(27(37)38)41-23(35)15-33-8-2-1-3-9-33/h4-5,12-14,16,25H,1-3,6-11,15H2,(H,32,36)(H,37,38). The number of ether oxygens (including phenoxy) is 1. The zero-order valence-corrected chi connectivity index (χ0v) is 23.1. The van der Waals surface area contributed by atoms with E-state index in [1.54, 1.807) is 0 Å². The first-order valence-corrected chi connectivity index (χ1v) is 14.7. The molecule has 2 aromatic rings. The monoisotopic (exact) mass is 615 g/mol. The van der Waals surface area contributed by atoms with Gasteiger partial charge in [0.05, 0.1) is 6.54 Å². The Morgan fingerprint density at radius 1 is 0.929 bits per heavy atom. The van der Waals surface area contributed by atoms with Crippen LogP contribution in [0, 0.1) is 29.2 Å². The van der Waals surface area contributed by atoms with E-state index in [4.69, 9.17) is 4.74 Å². The Kier molecular flexibility index (Phi) is 9.84. The molecule has 2 saturated heterocycles. The van der Waals surface area contributed by atoms with E-state index in [0.717, 1.165) is 41.8 Å². The second kappa shape index (κ2) is 13.2. The van der Waals surface area contributed by atoms with Crippen LogP contribution >= 0.6 is 0 Å². The number of likely N-dealkylation sites (tertiary alicyclic amines) is 1. The van der Waals surface area contributed by atoms with E-state index in [1.165, 1.54) is 0 Å². The molecule has 0 saturated carbocycles. The van der Waals surface area contributed by atoms with Crippen LogP contribution in [0.4, 0.5) is 23.2 Å². The number of carbonyl (C=O) groups is 3. The molecule has 1 unspecified atom stereocenters. The zero-order valence-electron chi connectivity index (χ0n) is 22.3. The van der Waals surface area contributed by atoms with Crippen molar-refractivity contribution < 1.29 is 50.2 Å². The zero-order chi connectivity index (χ0) is 30.6. The van der Waals surface area contributed by atoms with E-state index in [-0.39, 0.29) is 38.0 Å². The van der Waals surface area contributed by atoms with Crippen LogP contribution in [0.2, 0.25) is 0 Å². The first-order chi connectivity index (χ1) is 19.9. The molecule has 0 bridgehead atoms. The number of aliphatic carboxylic acids is 1. The minimum atomic E-state index is -4.51. The Labute approximate surface area is 239 Å². The number of hydrogen-bond donors (Lipinski definition) is 2. The van der Waals surface area contributed by atoms with Gasteiger partial charge in [-0.2, -0.15) is 4.31 Å². The molecule has 2 aliphatic heterocycles. The molecule has 1 amide bonds. The SMILES string of the molecule is O=C(CN1CCCCC1)OC(C(=O)O)C1CCN(S(=O)(=O)c2cc(C(=O)Nc3cc(F)c(F)c(F)c3)ccc2F)CC1. The summed E-state index contributed by atoms with van der Waals surface area (Å²) in [4.78, 5) is 37.9. The highest BCUT2D eigenvalue weighted by molar-refractivity contribution is 7.89. The summed E-state index contributed by atoms with van der Waals surface area (Å²) in [7, 11) is -4.51. The molecule has 42 heavy (non-hydrogen) atoms. The number of esters is 1. The van der Waals surface area contributed by atoms with Crippen molar-refractivity contribution in [1.29, 1.82) is 0 Å². The summed E-state index contributed by atoms with van der Waals surface area (Å²) in [6.07, 6.45) is 1.48. The maximum Gasteiger partial charge on any atom is 0.345 e. The molecule has 2 N–H and O–H groups in total. The number of nitrogens with one attached hydrogen (secondary N) is 1. The van der Waals surface area contributed by atoms with Gasteiger partial charge in [0, 0.05) is 42.4 Å².